The molecule has 0 aromatic heterocycles. The predicted molar refractivity (Wildman–Crippen MR) is 80.6 cm³/mol. The number of hydrogen-bond acceptors (Lipinski definition) is 3. The molecule has 1 aliphatic rings. The number of aryl methyl sites for hydroxylation is 1. The monoisotopic (exact) mass is 276 g/mol. The molecule has 1 aromatic rings. The summed E-state index contributed by atoms with van der Waals surface area (Å²) in [5, 5.41) is 10.6. The summed E-state index contributed by atoms with van der Waals surface area (Å²) >= 11 is 0. The Labute approximate surface area is 120 Å². The van der Waals surface area contributed by atoms with E-state index in [4.69, 9.17) is 5.73 Å². The number of hydrogen-bond donors (Lipinski definition) is 1. The van der Waals surface area contributed by atoms with Crippen LogP contribution in [0.5, 0.6) is 0 Å². The first-order valence-electron chi connectivity index (χ1n) is 7.54. The van der Waals surface area contributed by atoms with Gasteiger partial charge < -0.3 is 5.73 Å². The summed E-state index contributed by atoms with van der Waals surface area (Å²) in [5.74, 6) is 0.853. The molecule has 4 nitrogen and oxygen atoms in total. The molecule has 0 radical (unpaired) electrons. The minimum absolute atomic E-state index is 0.0343. The van der Waals surface area contributed by atoms with Gasteiger partial charge in [0.05, 0.1) is 4.92 Å². The van der Waals surface area contributed by atoms with Gasteiger partial charge in [0.15, 0.2) is 0 Å². The number of rotatable bonds is 5. The normalized spacial score (nSPS) is 26.4. The molecule has 4 heteroatoms. The van der Waals surface area contributed by atoms with Crippen LogP contribution in [-0.2, 0) is 6.42 Å². The molecule has 0 spiro atoms. The summed E-state index contributed by atoms with van der Waals surface area (Å²) in [6.07, 6.45) is 7.85. The van der Waals surface area contributed by atoms with E-state index in [-0.39, 0.29) is 16.1 Å². The maximum absolute atomic E-state index is 10.6. The molecule has 1 fully saturated rings. The zero-order valence-corrected chi connectivity index (χ0v) is 12.2. The van der Waals surface area contributed by atoms with Crippen molar-refractivity contribution in [3.63, 3.8) is 0 Å². The zero-order valence-electron chi connectivity index (χ0n) is 12.2. The van der Waals surface area contributed by atoms with Crippen LogP contribution >= 0.6 is 0 Å². The highest BCUT2D eigenvalue weighted by atomic mass is 16.6. The summed E-state index contributed by atoms with van der Waals surface area (Å²) in [5.41, 5.74) is 7.75. The molecule has 2 N–H and O–H groups in total. The molecule has 1 aliphatic carbocycles. The first-order chi connectivity index (χ1) is 9.52. The maximum Gasteiger partial charge on any atom is 0.269 e. The van der Waals surface area contributed by atoms with Gasteiger partial charge in [-0.3, -0.25) is 10.1 Å². The van der Waals surface area contributed by atoms with Gasteiger partial charge in [-0.1, -0.05) is 25.5 Å². The summed E-state index contributed by atoms with van der Waals surface area (Å²) in [4.78, 5) is 10.3. The van der Waals surface area contributed by atoms with Crippen molar-refractivity contribution in [2.75, 3.05) is 0 Å². The average Bonchev–Trinajstić information content (AvgIpc) is 2.46. The fourth-order valence-corrected chi connectivity index (χ4v) is 3.09. The van der Waals surface area contributed by atoms with Crippen molar-refractivity contribution in [3.05, 3.63) is 39.9 Å². The zero-order chi connectivity index (χ0) is 14.6. The highest BCUT2D eigenvalue weighted by molar-refractivity contribution is 5.33. The van der Waals surface area contributed by atoms with E-state index < -0.39 is 0 Å². The molecule has 1 aromatic carbocycles. The van der Waals surface area contributed by atoms with E-state index in [1.54, 1.807) is 12.1 Å². The van der Waals surface area contributed by atoms with Gasteiger partial charge in [0, 0.05) is 17.7 Å². The van der Waals surface area contributed by atoms with Gasteiger partial charge in [0.2, 0.25) is 0 Å². The van der Waals surface area contributed by atoms with Crippen molar-refractivity contribution in [1.29, 1.82) is 0 Å². The molecular formula is C16H24N2O2. The lowest BCUT2D eigenvalue weighted by atomic mass is 9.74. The van der Waals surface area contributed by atoms with Gasteiger partial charge in [0.1, 0.15) is 0 Å². The minimum atomic E-state index is -0.361. The third-order valence-corrected chi connectivity index (χ3v) is 4.74. The Balaban J connectivity index is 1.87. The van der Waals surface area contributed by atoms with E-state index in [1.807, 2.05) is 12.1 Å². The minimum Gasteiger partial charge on any atom is -0.325 e. The Kier molecular flexibility index (Phi) is 4.76. The number of nitro benzene ring substituents is 1. The highest BCUT2D eigenvalue weighted by Gasteiger charge is 2.30. The highest BCUT2D eigenvalue weighted by Crippen LogP contribution is 2.34. The summed E-state index contributed by atoms with van der Waals surface area (Å²) < 4.78 is 0. The van der Waals surface area contributed by atoms with Gasteiger partial charge in [0.25, 0.3) is 5.69 Å². The molecule has 20 heavy (non-hydrogen) atoms. The molecule has 0 saturated heterocycles. The lowest BCUT2D eigenvalue weighted by Gasteiger charge is -2.37. The SMILES string of the molecule is CCC1CCC(N)(CCc2ccc([N+](=O)[O-])cc2)CC1. The second-order valence-electron chi connectivity index (χ2n) is 6.14. The molecule has 0 atom stereocenters. The standard InChI is InChI=1S/C16H24N2O2/c1-2-13-7-10-16(17,11-8-13)12-9-14-3-5-15(6-4-14)18(19)20/h3-6,13H,2,7-12,17H2,1H3. The number of non-ortho nitro benzene ring substituents is 1. The first kappa shape index (κ1) is 15.0. The molecule has 0 heterocycles. The third kappa shape index (κ3) is 3.79. The Bertz CT molecular complexity index is 448. The predicted octanol–water partition coefficient (Wildman–Crippen LogP) is 3.83. The molecule has 1 saturated carbocycles. The van der Waals surface area contributed by atoms with Crippen molar-refractivity contribution in [2.45, 2.75) is 57.4 Å². The Morgan fingerprint density at radius 3 is 2.40 bits per heavy atom. The van der Waals surface area contributed by atoms with Gasteiger partial charge >= 0.3 is 0 Å². The maximum atomic E-state index is 10.6. The van der Waals surface area contributed by atoms with Crippen LogP contribution in [0, 0.1) is 16.0 Å². The van der Waals surface area contributed by atoms with E-state index in [2.05, 4.69) is 6.92 Å². The Morgan fingerprint density at radius 1 is 1.30 bits per heavy atom. The van der Waals surface area contributed by atoms with Gasteiger partial charge in [-0.15, -0.1) is 0 Å². The van der Waals surface area contributed by atoms with Crippen LogP contribution < -0.4 is 5.73 Å². The molecule has 0 amide bonds. The van der Waals surface area contributed by atoms with E-state index in [0.717, 1.165) is 37.2 Å². The molecule has 2 rings (SSSR count). The smallest absolute Gasteiger partial charge is 0.269 e. The number of nitrogens with two attached hydrogens (primary N) is 1. The Hall–Kier alpha value is -1.42. The van der Waals surface area contributed by atoms with Crippen LogP contribution in [0.1, 0.15) is 51.0 Å². The van der Waals surface area contributed by atoms with Crippen molar-refractivity contribution in [2.24, 2.45) is 11.7 Å². The van der Waals surface area contributed by atoms with Crippen LogP contribution in [0.15, 0.2) is 24.3 Å². The third-order valence-electron chi connectivity index (χ3n) is 4.74. The first-order valence-corrected chi connectivity index (χ1v) is 7.54. The Morgan fingerprint density at radius 2 is 1.90 bits per heavy atom. The van der Waals surface area contributed by atoms with E-state index in [0.29, 0.717) is 0 Å². The van der Waals surface area contributed by atoms with Gasteiger partial charge in [-0.2, -0.15) is 0 Å². The summed E-state index contributed by atoms with van der Waals surface area (Å²) in [6, 6.07) is 6.84. The molecule has 110 valence electrons. The fourth-order valence-electron chi connectivity index (χ4n) is 3.09. The van der Waals surface area contributed by atoms with Gasteiger partial charge in [-0.05, 0) is 50.0 Å². The van der Waals surface area contributed by atoms with Gasteiger partial charge in [-0.25, -0.2) is 0 Å². The topological polar surface area (TPSA) is 69.2 Å². The van der Waals surface area contributed by atoms with Crippen LogP contribution in [0.3, 0.4) is 0 Å². The average molecular weight is 276 g/mol. The van der Waals surface area contributed by atoms with E-state index >= 15 is 0 Å². The van der Waals surface area contributed by atoms with Crippen LogP contribution in [0.4, 0.5) is 5.69 Å². The summed E-state index contributed by atoms with van der Waals surface area (Å²) in [7, 11) is 0. The van der Waals surface area contributed by atoms with Crippen LogP contribution in [0.2, 0.25) is 0 Å². The quantitative estimate of drug-likeness (QED) is 0.656. The van der Waals surface area contributed by atoms with Crippen molar-refractivity contribution in [1.82, 2.24) is 0 Å². The number of benzene rings is 1. The number of nitro groups is 1. The van der Waals surface area contributed by atoms with Crippen LogP contribution in [0.25, 0.3) is 0 Å². The lowest BCUT2D eigenvalue weighted by molar-refractivity contribution is -0.384. The molecular weight excluding hydrogens is 252 g/mol. The molecule has 0 aliphatic heterocycles. The van der Waals surface area contributed by atoms with Crippen molar-refractivity contribution >= 4 is 5.69 Å². The van der Waals surface area contributed by atoms with Crippen LogP contribution in [-0.4, -0.2) is 10.5 Å². The lowest BCUT2D eigenvalue weighted by Crippen LogP contribution is -2.43. The summed E-state index contributed by atoms with van der Waals surface area (Å²) in [6.45, 7) is 2.26. The number of nitrogens with zero attached hydrogens (tertiary/aromatic N) is 1. The molecule has 0 unspecified atom stereocenters. The largest absolute Gasteiger partial charge is 0.325 e. The molecule has 0 bridgehead atoms. The van der Waals surface area contributed by atoms with E-state index in [9.17, 15) is 10.1 Å². The fraction of sp³-hybridized carbons (Fsp3) is 0.625. The van der Waals surface area contributed by atoms with Crippen molar-refractivity contribution < 1.29 is 4.92 Å². The second kappa shape index (κ2) is 6.35. The second-order valence-corrected chi connectivity index (χ2v) is 6.14. The van der Waals surface area contributed by atoms with Crippen molar-refractivity contribution in [3.8, 4) is 0 Å². The van der Waals surface area contributed by atoms with E-state index in [1.165, 1.54) is 19.3 Å².